The van der Waals surface area contributed by atoms with Gasteiger partial charge in [-0.05, 0) is 24.1 Å². The van der Waals surface area contributed by atoms with Crippen molar-refractivity contribution in [2.75, 3.05) is 6.54 Å². The van der Waals surface area contributed by atoms with Gasteiger partial charge in [0.15, 0.2) is 0 Å². The smallest absolute Gasteiger partial charge is 0.329 e. The zero-order valence-corrected chi connectivity index (χ0v) is 14.6. The van der Waals surface area contributed by atoms with Gasteiger partial charge in [-0.25, -0.2) is 4.79 Å². The maximum Gasteiger partial charge on any atom is 0.329 e. The summed E-state index contributed by atoms with van der Waals surface area (Å²) in [5.41, 5.74) is 2.65. The first-order valence-electron chi connectivity index (χ1n) is 8.57. The average Bonchev–Trinajstić information content (AvgIpc) is 2.88. The van der Waals surface area contributed by atoms with Crippen LogP contribution in [0.1, 0.15) is 24.8 Å². The van der Waals surface area contributed by atoms with Crippen LogP contribution >= 0.6 is 0 Å². The molecule has 0 fully saturated rings. The van der Waals surface area contributed by atoms with Crippen molar-refractivity contribution in [2.24, 2.45) is 7.05 Å². The van der Waals surface area contributed by atoms with Crippen molar-refractivity contribution in [1.82, 2.24) is 14.5 Å². The summed E-state index contributed by atoms with van der Waals surface area (Å²) in [6.45, 7) is 2.71. The maximum absolute atomic E-state index is 12.4. The number of hydrogen-bond donors (Lipinski definition) is 1. The fourth-order valence-electron chi connectivity index (χ4n) is 3.18. The monoisotopic (exact) mass is 337 g/mol. The molecule has 25 heavy (non-hydrogen) atoms. The molecule has 1 atom stereocenters. The molecular formula is C20H23N3O2. The third-order valence-electron chi connectivity index (χ3n) is 4.66. The first-order chi connectivity index (χ1) is 12.1. The van der Waals surface area contributed by atoms with Crippen LogP contribution in [0.25, 0.3) is 11.0 Å². The maximum atomic E-state index is 12.4. The van der Waals surface area contributed by atoms with Crippen LogP contribution in [0, 0.1) is 0 Å². The largest absolute Gasteiger partial charge is 0.354 e. The number of nitrogens with zero attached hydrogens (tertiary/aromatic N) is 2. The zero-order chi connectivity index (χ0) is 17.8. The molecule has 0 aliphatic carbocycles. The number of carbonyl (C=O) groups is 1. The molecule has 0 aliphatic heterocycles. The van der Waals surface area contributed by atoms with E-state index in [1.54, 1.807) is 11.6 Å². The number of fused-ring (bicyclic) bond motifs is 1. The van der Waals surface area contributed by atoms with Crippen molar-refractivity contribution < 1.29 is 4.79 Å². The number of hydrogen-bond acceptors (Lipinski definition) is 2. The number of rotatable bonds is 6. The average molecular weight is 337 g/mol. The number of aryl methyl sites for hydroxylation is 1. The van der Waals surface area contributed by atoms with Gasteiger partial charge in [0.1, 0.15) is 6.54 Å². The molecule has 1 unspecified atom stereocenters. The lowest BCUT2D eigenvalue weighted by atomic mass is 9.96. The van der Waals surface area contributed by atoms with E-state index in [0.29, 0.717) is 6.54 Å². The summed E-state index contributed by atoms with van der Waals surface area (Å²) in [5.74, 6) is 0.127. The second-order valence-electron chi connectivity index (χ2n) is 6.24. The van der Waals surface area contributed by atoms with E-state index in [9.17, 15) is 9.59 Å². The molecule has 3 rings (SSSR count). The highest BCUT2D eigenvalue weighted by atomic mass is 16.2. The minimum absolute atomic E-state index is 0.0331. The molecule has 1 amide bonds. The molecule has 0 saturated heterocycles. The second kappa shape index (κ2) is 7.38. The number of benzene rings is 2. The topological polar surface area (TPSA) is 56.0 Å². The van der Waals surface area contributed by atoms with Crippen LogP contribution in [0.4, 0.5) is 0 Å². The molecule has 2 aromatic carbocycles. The summed E-state index contributed by atoms with van der Waals surface area (Å²) in [6.07, 6.45) is 0.943. The summed E-state index contributed by atoms with van der Waals surface area (Å²) < 4.78 is 3.09. The Labute approximate surface area is 146 Å². The van der Waals surface area contributed by atoms with Crippen molar-refractivity contribution in [3.8, 4) is 0 Å². The molecule has 0 bridgehead atoms. The number of carbonyl (C=O) groups excluding carboxylic acids is 1. The van der Waals surface area contributed by atoms with E-state index >= 15 is 0 Å². The van der Waals surface area contributed by atoms with Crippen LogP contribution in [-0.2, 0) is 18.4 Å². The van der Waals surface area contributed by atoms with Gasteiger partial charge in [0.25, 0.3) is 0 Å². The molecule has 0 radical (unpaired) electrons. The summed E-state index contributed by atoms with van der Waals surface area (Å²) in [5, 5.41) is 2.97. The van der Waals surface area contributed by atoms with E-state index < -0.39 is 0 Å². The van der Waals surface area contributed by atoms with Gasteiger partial charge in [-0.2, -0.15) is 0 Å². The number of aromatic nitrogens is 2. The molecule has 1 N–H and O–H groups in total. The standard InChI is InChI=1S/C20H23N3O2/c1-3-15(16-9-5-4-6-10-16)13-21-19(24)14-23-18-12-8-7-11-17(18)22(2)20(23)25/h4-12,15H,3,13-14H2,1-2H3,(H,21,24). The highest BCUT2D eigenvalue weighted by Crippen LogP contribution is 2.18. The van der Waals surface area contributed by atoms with Gasteiger partial charge in [-0.1, -0.05) is 49.4 Å². The van der Waals surface area contributed by atoms with Gasteiger partial charge in [0.05, 0.1) is 11.0 Å². The van der Waals surface area contributed by atoms with Crippen LogP contribution in [-0.4, -0.2) is 21.6 Å². The van der Waals surface area contributed by atoms with Crippen molar-refractivity contribution in [1.29, 1.82) is 0 Å². The fourth-order valence-corrected chi connectivity index (χ4v) is 3.18. The van der Waals surface area contributed by atoms with Gasteiger partial charge in [-0.3, -0.25) is 13.9 Å². The lowest BCUT2D eigenvalue weighted by Crippen LogP contribution is -2.34. The Morgan fingerprint density at radius 3 is 2.36 bits per heavy atom. The Balaban J connectivity index is 1.71. The van der Waals surface area contributed by atoms with Crippen molar-refractivity contribution in [3.63, 3.8) is 0 Å². The van der Waals surface area contributed by atoms with E-state index in [2.05, 4.69) is 24.4 Å². The van der Waals surface area contributed by atoms with E-state index in [1.807, 2.05) is 42.5 Å². The molecule has 1 heterocycles. The van der Waals surface area contributed by atoms with Gasteiger partial charge in [-0.15, -0.1) is 0 Å². The van der Waals surface area contributed by atoms with Gasteiger partial charge < -0.3 is 5.32 Å². The van der Waals surface area contributed by atoms with E-state index in [-0.39, 0.29) is 24.1 Å². The van der Waals surface area contributed by atoms with E-state index in [0.717, 1.165) is 17.5 Å². The second-order valence-corrected chi connectivity index (χ2v) is 6.24. The van der Waals surface area contributed by atoms with Crippen LogP contribution in [0.3, 0.4) is 0 Å². The quantitative estimate of drug-likeness (QED) is 0.752. The number of amides is 1. The van der Waals surface area contributed by atoms with Crippen LogP contribution in [0.15, 0.2) is 59.4 Å². The Kier molecular flexibility index (Phi) is 5.03. The number of nitrogens with one attached hydrogen (secondary N) is 1. The van der Waals surface area contributed by atoms with E-state index in [4.69, 9.17) is 0 Å². The lowest BCUT2D eigenvalue weighted by Gasteiger charge is -2.16. The van der Waals surface area contributed by atoms with Crippen LogP contribution in [0.5, 0.6) is 0 Å². The molecular weight excluding hydrogens is 314 g/mol. The van der Waals surface area contributed by atoms with Crippen molar-refractivity contribution in [3.05, 3.63) is 70.6 Å². The van der Waals surface area contributed by atoms with Gasteiger partial charge in [0, 0.05) is 19.5 Å². The van der Waals surface area contributed by atoms with Crippen LogP contribution in [0.2, 0.25) is 0 Å². The number of para-hydroxylation sites is 2. The first-order valence-corrected chi connectivity index (χ1v) is 8.57. The molecule has 0 saturated carbocycles. The minimum atomic E-state index is -0.175. The van der Waals surface area contributed by atoms with Crippen molar-refractivity contribution in [2.45, 2.75) is 25.8 Å². The van der Waals surface area contributed by atoms with Gasteiger partial charge >= 0.3 is 5.69 Å². The van der Waals surface area contributed by atoms with E-state index in [1.165, 1.54) is 10.1 Å². The van der Waals surface area contributed by atoms with Crippen molar-refractivity contribution >= 4 is 16.9 Å². The van der Waals surface area contributed by atoms with Crippen LogP contribution < -0.4 is 11.0 Å². The third-order valence-corrected chi connectivity index (χ3v) is 4.66. The third kappa shape index (κ3) is 3.50. The molecule has 0 aliphatic rings. The highest BCUT2D eigenvalue weighted by Gasteiger charge is 2.15. The predicted octanol–water partition coefficient (Wildman–Crippen LogP) is 2.65. The molecule has 130 valence electrons. The number of imidazole rings is 1. The lowest BCUT2D eigenvalue weighted by molar-refractivity contribution is -0.121. The highest BCUT2D eigenvalue weighted by molar-refractivity contribution is 5.80. The molecule has 1 aromatic heterocycles. The normalized spacial score (nSPS) is 12.2. The molecule has 5 nitrogen and oxygen atoms in total. The summed E-state index contributed by atoms with van der Waals surface area (Å²) in [4.78, 5) is 24.8. The zero-order valence-electron chi connectivity index (χ0n) is 14.6. The SMILES string of the molecule is CCC(CNC(=O)Cn1c(=O)n(C)c2ccccc21)c1ccccc1. The summed E-state index contributed by atoms with van der Waals surface area (Å²) in [6, 6.07) is 17.7. The summed E-state index contributed by atoms with van der Waals surface area (Å²) in [7, 11) is 1.72. The Morgan fingerprint density at radius 1 is 1.04 bits per heavy atom. The minimum Gasteiger partial charge on any atom is -0.354 e. The Bertz CT molecular complexity index is 925. The van der Waals surface area contributed by atoms with Gasteiger partial charge in [0.2, 0.25) is 5.91 Å². The summed E-state index contributed by atoms with van der Waals surface area (Å²) >= 11 is 0. The Hall–Kier alpha value is -2.82. The first kappa shape index (κ1) is 17.0. The molecule has 0 spiro atoms. The fraction of sp³-hybridized carbons (Fsp3) is 0.300. The Morgan fingerprint density at radius 2 is 1.68 bits per heavy atom. The molecule has 3 aromatic rings. The molecule has 5 heteroatoms. The predicted molar refractivity (Wildman–Crippen MR) is 99.7 cm³/mol.